The number of guanidine groups is 2. The second-order valence-electron chi connectivity index (χ2n) is 16.2. The fraction of sp³-hybridized carbons (Fsp3) is 0.476. The van der Waals surface area contributed by atoms with Gasteiger partial charge in [0.2, 0.25) is 0 Å². The molecule has 248 valence electrons. The van der Waals surface area contributed by atoms with E-state index in [1.54, 1.807) is 0 Å². The monoisotopic (exact) mass is 638 g/mol. The van der Waals surface area contributed by atoms with Gasteiger partial charge in [0.05, 0.1) is 11.7 Å². The van der Waals surface area contributed by atoms with Crippen LogP contribution in [0.1, 0.15) is 64.2 Å². The van der Waals surface area contributed by atoms with Gasteiger partial charge >= 0.3 is 0 Å². The Kier molecular flexibility index (Phi) is 7.78. The van der Waals surface area contributed by atoms with Gasteiger partial charge in [0, 0.05) is 22.5 Å². The maximum absolute atomic E-state index is 6.47. The molecule has 8 aliphatic carbocycles. The first-order valence-electron chi connectivity index (χ1n) is 18.7. The number of anilines is 1. The topological polar surface area (TPSA) is 101 Å². The number of benzene rings is 4. The molecule has 0 aromatic heterocycles. The molecule has 0 amide bonds. The van der Waals surface area contributed by atoms with Gasteiger partial charge in [0.25, 0.3) is 0 Å². The van der Waals surface area contributed by atoms with E-state index in [0.29, 0.717) is 18.0 Å². The minimum Gasteiger partial charge on any atom is -0.370 e. The van der Waals surface area contributed by atoms with Crippen LogP contribution in [0.25, 0.3) is 21.5 Å². The van der Waals surface area contributed by atoms with Gasteiger partial charge in [0.15, 0.2) is 11.9 Å². The fourth-order valence-electron chi connectivity index (χ4n) is 11.6. The molecule has 8 saturated carbocycles. The molecule has 48 heavy (non-hydrogen) atoms. The number of nitrogens with one attached hydrogen (secondary N) is 2. The maximum Gasteiger partial charge on any atom is 0.198 e. The van der Waals surface area contributed by atoms with Crippen LogP contribution in [0.2, 0.25) is 0 Å². The van der Waals surface area contributed by atoms with E-state index in [2.05, 4.69) is 52.0 Å². The van der Waals surface area contributed by atoms with Crippen molar-refractivity contribution in [3.05, 3.63) is 84.9 Å². The molecule has 0 radical (unpaired) electrons. The summed E-state index contributed by atoms with van der Waals surface area (Å²) in [4.78, 5) is 9.68. The van der Waals surface area contributed by atoms with Crippen LogP contribution in [0.15, 0.2) is 94.9 Å². The van der Waals surface area contributed by atoms with Crippen LogP contribution in [0.4, 0.5) is 11.4 Å². The molecule has 0 atom stereocenters. The molecule has 12 rings (SSSR count). The van der Waals surface area contributed by atoms with E-state index in [0.717, 1.165) is 80.8 Å². The molecule has 6 nitrogen and oxygen atoms in total. The second kappa shape index (κ2) is 12.4. The summed E-state index contributed by atoms with van der Waals surface area (Å²) in [6, 6.07) is 29.7. The van der Waals surface area contributed by atoms with Crippen molar-refractivity contribution in [3.8, 4) is 0 Å². The Balaban J connectivity index is 0.000000131. The van der Waals surface area contributed by atoms with Gasteiger partial charge in [-0.05, 0) is 134 Å². The molecule has 4 aromatic rings. The van der Waals surface area contributed by atoms with Crippen LogP contribution in [0.5, 0.6) is 0 Å². The number of hydrogen-bond donors (Lipinski definition) is 4. The fourth-order valence-corrected chi connectivity index (χ4v) is 11.6. The van der Waals surface area contributed by atoms with Gasteiger partial charge in [0.1, 0.15) is 0 Å². The Bertz CT molecular complexity index is 1790. The minimum atomic E-state index is 0.378. The summed E-state index contributed by atoms with van der Waals surface area (Å²) in [6.07, 6.45) is 14.6. The highest BCUT2D eigenvalue weighted by molar-refractivity contribution is 6.04. The third-order valence-corrected chi connectivity index (χ3v) is 13.1. The van der Waals surface area contributed by atoms with Gasteiger partial charge in [-0.15, -0.1) is 0 Å². The number of hydrogen-bond acceptors (Lipinski definition) is 2. The number of rotatable bonds is 4. The lowest BCUT2D eigenvalue weighted by molar-refractivity contribution is -0.00823. The summed E-state index contributed by atoms with van der Waals surface area (Å²) < 4.78 is 0. The lowest BCUT2D eigenvalue weighted by Gasteiger charge is -2.55. The Morgan fingerprint density at radius 3 is 1.65 bits per heavy atom. The molecule has 6 heteroatoms. The zero-order valence-corrected chi connectivity index (χ0v) is 28.0. The number of fused-ring (bicyclic) bond motifs is 2. The lowest BCUT2D eigenvalue weighted by atomic mass is 9.54. The molecule has 0 heterocycles. The molecule has 8 bridgehead atoms. The minimum absolute atomic E-state index is 0.378. The normalized spacial score (nSPS) is 34.7. The van der Waals surface area contributed by atoms with E-state index in [1.165, 1.54) is 69.6 Å². The predicted octanol–water partition coefficient (Wildman–Crippen LogP) is 8.59. The smallest absolute Gasteiger partial charge is 0.198 e. The standard InChI is InChI=1S/C21H33N3.C21H17N3/c22-21(23-19-15-3-11-1-12(5-15)6-16(19)4-11)24-20-17-7-13-2-14(9-17)10-18(20)8-13;22-21(23-19-13-5-9-15-7-1-3-11-17(15)19)24-20-14-6-10-16-8-2-4-12-18(16)20/h11-20H,1-10H2,(H3,22,23,24);1-14H,(H3,22,23,24). The summed E-state index contributed by atoms with van der Waals surface area (Å²) in [7, 11) is 0. The predicted molar refractivity (Wildman–Crippen MR) is 199 cm³/mol. The summed E-state index contributed by atoms with van der Waals surface area (Å²) in [5.74, 6) is 8.76. The Morgan fingerprint density at radius 2 is 1.02 bits per heavy atom. The van der Waals surface area contributed by atoms with E-state index in [4.69, 9.17) is 16.5 Å². The lowest BCUT2D eigenvalue weighted by Crippen LogP contribution is -2.57. The van der Waals surface area contributed by atoms with E-state index in [1.807, 2.05) is 48.5 Å². The van der Waals surface area contributed by atoms with Gasteiger partial charge in [-0.25, -0.2) is 9.98 Å². The molecule has 8 aliphatic rings. The highest BCUT2D eigenvalue weighted by Gasteiger charge is 2.50. The van der Waals surface area contributed by atoms with Crippen LogP contribution in [-0.2, 0) is 0 Å². The third-order valence-electron chi connectivity index (χ3n) is 13.1. The second-order valence-corrected chi connectivity index (χ2v) is 16.2. The Hall–Kier alpha value is -4.06. The molecule has 6 N–H and O–H groups in total. The van der Waals surface area contributed by atoms with Crippen molar-refractivity contribution in [2.24, 2.45) is 68.8 Å². The molecule has 0 unspecified atom stereocenters. The Morgan fingerprint density at radius 1 is 0.521 bits per heavy atom. The quantitative estimate of drug-likeness (QED) is 0.133. The summed E-state index contributed by atoms with van der Waals surface area (Å²) in [5, 5.41) is 11.5. The van der Waals surface area contributed by atoms with Crippen LogP contribution in [0.3, 0.4) is 0 Å². The first kappa shape index (κ1) is 30.0. The average Bonchev–Trinajstić information content (AvgIpc) is 3.08. The number of nitrogens with zero attached hydrogens (tertiary/aromatic N) is 2. The van der Waals surface area contributed by atoms with E-state index in [-0.39, 0.29) is 0 Å². The SMILES string of the molecule is NC(=NC1C2CC3CC(C2)CC1C3)NC1C2CC3CC(C2)CC1C3.NC(=Nc1cccc2ccccc12)Nc1cccc2ccccc12. The summed E-state index contributed by atoms with van der Waals surface area (Å²) >= 11 is 0. The van der Waals surface area contributed by atoms with Crippen LogP contribution < -0.4 is 22.1 Å². The molecular formula is C42H50N6. The van der Waals surface area contributed by atoms with Crippen molar-refractivity contribution in [3.63, 3.8) is 0 Å². The molecular weight excluding hydrogens is 589 g/mol. The molecule has 0 aliphatic heterocycles. The van der Waals surface area contributed by atoms with Crippen molar-refractivity contribution in [2.45, 2.75) is 76.3 Å². The van der Waals surface area contributed by atoms with Gasteiger partial charge in [-0.1, -0.05) is 72.8 Å². The maximum atomic E-state index is 6.47. The molecule has 0 spiro atoms. The van der Waals surface area contributed by atoms with Crippen molar-refractivity contribution >= 4 is 44.8 Å². The Labute approximate surface area is 284 Å². The van der Waals surface area contributed by atoms with Crippen molar-refractivity contribution in [2.75, 3.05) is 5.32 Å². The van der Waals surface area contributed by atoms with Gasteiger partial charge in [-0.2, -0.15) is 0 Å². The highest BCUT2D eigenvalue weighted by atomic mass is 15.1. The summed E-state index contributed by atoms with van der Waals surface area (Å²) in [6.45, 7) is 0. The summed E-state index contributed by atoms with van der Waals surface area (Å²) in [5.41, 5.74) is 14.4. The number of aliphatic imine (C=N–C) groups is 2. The molecule has 0 saturated heterocycles. The molecule has 8 fully saturated rings. The first-order chi connectivity index (χ1) is 23.5. The zero-order valence-electron chi connectivity index (χ0n) is 28.0. The van der Waals surface area contributed by atoms with Crippen molar-refractivity contribution < 1.29 is 0 Å². The average molecular weight is 639 g/mol. The zero-order chi connectivity index (χ0) is 32.2. The van der Waals surface area contributed by atoms with Crippen LogP contribution in [0, 0.1) is 47.3 Å². The highest BCUT2D eigenvalue weighted by Crippen LogP contribution is 2.55. The van der Waals surface area contributed by atoms with Crippen LogP contribution >= 0.6 is 0 Å². The largest absolute Gasteiger partial charge is 0.370 e. The first-order valence-corrected chi connectivity index (χ1v) is 18.7. The van der Waals surface area contributed by atoms with Gasteiger partial charge in [-0.3, -0.25) is 0 Å². The van der Waals surface area contributed by atoms with E-state index >= 15 is 0 Å². The van der Waals surface area contributed by atoms with Crippen LogP contribution in [-0.4, -0.2) is 24.0 Å². The third kappa shape index (κ3) is 5.82. The van der Waals surface area contributed by atoms with Crippen molar-refractivity contribution in [1.82, 2.24) is 5.32 Å². The van der Waals surface area contributed by atoms with E-state index < -0.39 is 0 Å². The number of nitrogens with two attached hydrogens (primary N) is 2. The van der Waals surface area contributed by atoms with Gasteiger partial charge < -0.3 is 22.1 Å². The molecule has 4 aromatic carbocycles. The van der Waals surface area contributed by atoms with E-state index in [9.17, 15) is 0 Å². The van der Waals surface area contributed by atoms with Crippen molar-refractivity contribution in [1.29, 1.82) is 0 Å².